The van der Waals surface area contributed by atoms with Crippen LogP contribution in [-0.4, -0.2) is 20.8 Å². The van der Waals surface area contributed by atoms with Crippen molar-refractivity contribution >= 4 is 5.69 Å². The Balaban J connectivity index is 2.84. The van der Waals surface area contributed by atoms with Crippen molar-refractivity contribution in [2.24, 2.45) is 0 Å². The lowest BCUT2D eigenvalue weighted by molar-refractivity contribution is 0.355. The van der Waals surface area contributed by atoms with E-state index < -0.39 is 0 Å². The molecule has 1 aromatic rings. The second-order valence-electron chi connectivity index (χ2n) is 3.80. The molecule has 0 aliphatic rings. The van der Waals surface area contributed by atoms with Crippen LogP contribution in [0.15, 0.2) is 12.1 Å². The van der Waals surface area contributed by atoms with Gasteiger partial charge in [-0.15, -0.1) is 0 Å². The summed E-state index contributed by atoms with van der Waals surface area (Å²) < 4.78 is 10.5. The molecular weight excluding hydrogens is 202 g/mol. The van der Waals surface area contributed by atoms with Crippen LogP contribution < -0.4 is 14.8 Å². The van der Waals surface area contributed by atoms with E-state index in [2.05, 4.69) is 19.2 Å². The summed E-state index contributed by atoms with van der Waals surface area (Å²) in [5.41, 5.74) is 2.29. The van der Waals surface area contributed by atoms with Crippen LogP contribution in [0.4, 0.5) is 5.69 Å². The van der Waals surface area contributed by atoms with E-state index in [9.17, 15) is 0 Å². The largest absolute Gasteiger partial charge is 0.493 e. The van der Waals surface area contributed by atoms with E-state index >= 15 is 0 Å². The number of methoxy groups -OCH3 is 2. The lowest BCUT2D eigenvalue weighted by atomic mass is 10.1. The number of ether oxygens (including phenoxy) is 2. The fraction of sp³-hybridized carbons (Fsp3) is 0.538. The molecule has 0 fully saturated rings. The minimum absolute atomic E-state index is 0.770. The van der Waals surface area contributed by atoms with Crippen LogP contribution in [0.5, 0.6) is 11.5 Å². The van der Waals surface area contributed by atoms with Gasteiger partial charge in [0.15, 0.2) is 11.5 Å². The second kappa shape index (κ2) is 6.26. The van der Waals surface area contributed by atoms with Crippen molar-refractivity contribution < 1.29 is 9.47 Å². The fourth-order valence-corrected chi connectivity index (χ4v) is 1.57. The van der Waals surface area contributed by atoms with Crippen LogP contribution in [0.2, 0.25) is 0 Å². The Labute approximate surface area is 97.8 Å². The molecule has 1 rings (SSSR count). The van der Waals surface area contributed by atoms with E-state index in [4.69, 9.17) is 9.47 Å². The van der Waals surface area contributed by atoms with Crippen LogP contribution >= 0.6 is 0 Å². The first-order chi connectivity index (χ1) is 7.72. The summed E-state index contributed by atoms with van der Waals surface area (Å²) in [5, 5.41) is 3.40. The van der Waals surface area contributed by atoms with Crippen LogP contribution in [0.3, 0.4) is 0 Å². The van der Waals surface area contributed by atoms with Crippen molar-refractivity contribution in [1.29, 1.82) is 0 Å². The molecule has 0 aliphatic carbocycles. The van der Waals surface area contributed by atoms with Crippen molar-refractivity contribution in [3.8, 4) is 11.5 Å². The van der Waals surface area contributed by atoms with E-state index in [0.29, 0.717) is 0 Å². The molecule has 0 spiro atoms. The zero-order chi connectivity index (χ0) is 12.0. The number of hydrogen-bond donors (Lipinski definition) is 1. The van der Waals surface area contributed by atoms with Gasteiger partial charge in [0.1, 0.15) is 0 Å². The third-order valence-electron chi connectivity index (χ3n) is 2.58. The summed E-state index contributed by atoms with van der Waals surface area (Å²) in [6.45, 7) is 5.24. The van der Waals surface area contributed by atoms with Crippen LogP contribution in [0.1, 0.15) is 25.3 Å². The first-order valence-electron chi connectivity index (χ1n) is 5.69. The van der Waals surface area contributed by atoms with Crippen molar-refractivity contribution in [3.63, 3.8) is 0 Å². The Morgan fingerprint density at radius 3 is 2.31 bits per heavy atom. The molecule has 0 heterocycles. The number of benzene rings is 1. The summed E-state index contributed by atoms with van der Waals surface area (Å²) in [7, 11) is 3.31. The number of anilines is 1. The van der Waals surface area contributed by atoms with Crippen molar-refractivity contribution in [3.05, 3.63) is 17.7 Å². The second-order valence-corrected chi connectivity index (χ2v) is 3.80. The Morgan fingerprint density at radius 2 is 1.75 bits per heavy atom. The molecule has 3 nitrogen and oxygen atoms in total. The van der Waals surface area contributed by atoms with Gasteiger partial charge in [-0.05, 0) is 25.0 Å². The van der Waals surface area contributed by atoms with Crippen LogP contribution in [0, 0.1) is 6.92 Å². The standard InChI is InChI=1S/C13H21NO2/c1-5-6-7-14-11-9-13(16-4)12(15-3)8-10(11)2/h8-9,14H,5-7H2,1-4H3. The molecule has 0 aliphatic heterocycles. The highest BCUT2D eigenvalue weighted by Gasteiger charge is 2.07. The molecule has 90 valence electrons. The highest BCUT2D eigenvalue weighted by atomic mass is 16.5. The van der Waals surface area contributed by atoms with E-state index in [1.54, 1.807) is 14.2 Å². The van der Waals surface area contributed by atoms with Gasteiger partial charge in [0.05, 0.1) is 14.2 Å². The average Bonchev–Trinajstić information content (AvgIpc) is 2.31. The van der Waals surface area contributed by atoms with Gasteiger partial charge < -0.3 is 14.8 Å². The summed E-state index contributed by atoms with van der Waals surface area (Å²) in [6.07, 6.45) is 2.37. The third-order valence-corrected chi connectivity index (χ3v) is 2.58. The van der Waals surface area contributed by atoms with Gasteiger partial charge in [-0.2, -0.15) is 0 Å². The number of hydrogen-bond acceptors (Lipinski definition) is 3. The molecule has 0 radical (unpaired) electrons. The van der Waals surface area contributed by atoms with Crippen LogP contribution in [0.25, 0.3) is 0 Å². The van der Waals surface area contributed by atoms with Gasteiger partial charge in [-0.1, -0.05) is 13.3 Å². The summed E-state index contributed by atoms with van der Waals surface area (Å²) in [5.74, 6) is 1.55. The molecule has 0 amide bonds. The topological polar surface area (TPSA) is 30.5 Å². The third kappa shape index (κ3) is 3.05. The van der Waals surface area contributed by atoms with Crippen molar-refractivity contribution in [1.82, 2.24) is 0 Å². The zero-order valence-electron chi connectivity index (χ0n) is 10.6. The van der Waals surface area contributed by atoms with Gasteiger partial charge in [0, 0.05) is 18.3 Å². The Bertz CT molecular complexity index is 337. The maximum absolute atomic E-state index is 5.27. The first-order valence-corrected chi connectivity index (χ1v) is 5.69. The number of unbranched alkanes of at least 4 members (excludes halogenated alkanes) is 1. The maximum Gasteiger partial charge on any atom is 0.162 e. The Hall–Kier alpha value is -1.38. The molecule has 0 saturated heterocycles. The van der Waals surface area contributed by atoms with E-state index in [-0.39, 0.29) is 0 Å². The average molecular weight is 223 g/mol. The zero-order valence-corrected chi connectivity index (χ0v) is 10.6. The molecule has 1 N–H and O–H groups in total. The monoisotopic (exact) mass is 223 g/mol. The van der Waals surface area contributed by atoms with E-state index in [1.165, 1.54) is 18.4 Å². The highest BCUT2D eigenvalue weighted by molar-refractivity contribution is 5.60. The molecule has 0 aromatic heterocycles. The van der Waals surface area contributed by atoms with E-state index in [1.807, 2.05) is 12.1 Å². The Kier molecular flexibility index (Phi) is 4.96. The lowest BCUT2D eigenvalue weighted by Gasteiger charge is -2.14. The number of aryl methyl sites for hydroxylation is 1. The molecule has 0 saturated carbocycles. The molecular formula is C13H21NO2. The minimum Gasteiger partial charge on any atom is -0.493 e. The molecule has 3 heteroatoms. The molecule has 0 bridgehead atoms. The molecule has 0 unspecified atom stereocenters. The minimum atomic E-state index is 0.770. The Morgan fingerprint density at radius 1 is 1.12 bits per heavy atom. The quantitative estimate of drug-likeness (QED) is 0.751. The van der Waals surface area contributed by atoms with E-state index in [0.717, 1.165) is 23.7 Å². The molecule has 0 atom stereocenters. The van der Waals surface area contributed by atoms with Gasteiger partial charge in [-0.3, -0.25) is 0 Å². The van der Waals surface area contributed by atoms with Crippen molar-refractivity contribution in [2.75, 3.05) is 26.1 Å². The number of nitrogens with one attached hydrogen (secondary N) is 1. The predicted octanol–water partition coefficient (Wildman–Crippen LogP) is 3.22. The van der Waals surface area contributed by atoms with Gasteiger partial charge in [0.2, 0.25) is 0 Å². The lowest BCUT2D eigenvalue weighted by Crippen LogP contribution is -2.03. The summed E-state index contributed by atoms with van der Waals surface area (Å²) in [4.78, 5) is 0. The van der Waals surface area contributed by atoms with Gasteiger partial charge >= 0.3 is 0 Å². The summed E-state index contributed by atoms with van der Waals surface area (Å²) in [6, 6.07) is 3.98. The molecule has 16 heavy (non-hydrogen) atoms. The maximum atomic E-state index is 5.27. The SMILES string of the molecule is CCCCNc1cc(OC)c(OC)cc1C. The first kappa shape index (κ1) is 12.7. The van der Waals surface area contributed by atoms with Crippen molar-refractivity contribution in [2.45, 2.75) is 26.7 Å². The highest BCUT2D eigenvalue weighted by Crippen LogP contribution is 2.32. The normalized spacial score (nSPS) is 10.0. The fourth-order valence-electron chi connectivity index (χ4n) is 1.57. The smallest absolute Gasteiger partial charge is 0.162 e. The van der Waals surface area contributed by atoms with Gasteiger partial charge in [0.25, 0.3) is 0 Å². The summed E-state index contributed by atoms with van der Waals surface area (Å²) >= 11 is 0. The predicted molar refractivity (Wildman–Crippen MR) is 67.7 cm³/mol. The molecule has 1 aromatic carbocycles. The van der Waals surface area contributed by atoms with Crippen LogP contribution in [-0.2, 0) is 0 Å². The van der Waals surface area contributed by atoms with Gasteiger partial charge in [-0.25, -0.2) is 0 Å². The number of rotatable bonds is 6.